The molecule has 2 aromatic heterocycles. The lowest BCUT2D eigenvalue weighted by Crippen LogP contribution is -2.18. The first kappa shape index (κ1) is 26.7. The summed E-state index contributed by atoms with van der Waals surface area (Å²) in [6, 6.07) is 20.6. The number of carboxylic acid groups (broad SMARTS) is 1. The van der Waals surface area contributed by atoms with Crippen molar-refractivity contribution in [3.05, 3.63) is 106 Å². The average Bonchev–Trinajstić information content (AvgIpc) is 3.55. The Kier molecular flexibility index (Phi) is 8.15. The Morgan fingerprint density at radius 2 is 1.85 bits per heavy atom. The lowest BCUT2D eigenvalue weighted by molar-refractivity contribution is 0.0703. The van der Waals surface area contributed by atoms with Crippen molar-refractivity contribution in [2.45, 2.75) is 32.1 Å². The van der Waals surface area contributed by atoms with E-state index in [1.807, 2.05) is 42.5 Å². The van der Waals surface area contributed by atoms with Crippen LogP contribution in [-0.4, -0.2) is 31.3 Å². The largest absolute Gasteiger partial charge is 0.477 e. The van der Waals surface area contributed by atoms with Gasteiger partial charge >= 0.3 is 5.97 Å². The third-order valence-corrected chi connectivity index (χ3v) is 8.31. The molecule has 2 atom stereocenters. The van der Waals surface area contributed by atoms with Crippen LogP contribution in [-0.2, 0) is 4.74 Å². The van der Waals surface area contributed by atoms with Gasteiger partial charge in [-0.05, 0) is 48.6 Å². The zero-order valence-electron chi connectivity index (χ0n) is 22.4. The van der Waals surface area contributed by atoms with Gasteiger partial charge in [-0.3, -0.25) is 0 Å². The molecule has 200 valence electrons. The molecule has 1 aliphatic rings. The van der Waals surface area contributed by atoms with E-state index >= 15 is 0 Å². The summed E-state index contributed by atoms with van der Waals surface area (Å²) in [6.07, 6.45) is 9.26. The van der Waals surface area contributed by atoms with Crippen molar-refractivity contribution in [2.24, 2.45) is 0 Å². The lowest BCUT2D eigenvalue weighted by atomic mass is 9.95. The van der Waals surface area contributed by atoms with E-state index in [4.69, 9.17) is 9.15 Å². The molecule has 0 spiro atoms. The number of fused-ring (bicyclic) bond motifs is 1. The molecular weight excluding hydrogens is 506 g/mol. The summed E-state index contributed by atoms with van der Waals surface area (Å²) in [4.78, 5) is 13.3. The molecule has 0 amide bonds. The zero-order chi connectivity index (χ0) is 27.4. The second-order valence-corrected chi connectivity index (χ2v) is 11.1. The van der Waals surface area contributed by atoms with Gasteiger partial charge in [0.1, 0.15) is 16.4 Å². The molecule has 5 rings (SSSR count). The molecule has 5 nitrogen and oxygen atoms in total. The van der Waals surface area contributed by atoms with E-state index in [0.717, 1.165) is 39.5 Å². The Labute approximate surface area is 233 Å². The number of thiophene rings is 1. The van der Waals surface area contributed by atoms with Gasteiger partial charge in [0.15, 0.2) is 0 Å². The van der Waals surface area contributed by atoms with Crippen molar-refractivity contribution in [2.75, 3.05) is 25.6 Å². The fourth-order valence-electron chi connectivity index (χ4n) is 4.88. The molecule has 2 N–H and O–H groups in total. The number of nitrogens with one attached hydrogen (secondary N) is 1. The first-order valence-electron chi connectivity index (χ1n) is 13.2. The highest BCUT2D eigenvalue weighted by molar-refractivity contribution is 7.18. The second kappa shape index (κ2) is 11.9. The maximum atomic E-state index is 12.1. The minimum absolute atomic E-state index is 0.0981. The molecule has 1 aliphatic carbocycles. The summed E-state index contributed by atoms with van der Waals surface area (Å²) in [5.74, 6) is 1.29. The number of rotatable bonds is 9. The number of hydrogen-bond donors (Lipinski definition) is 2. The number of benzene rings is 2. The molecule has 2 aromatic carbocycles. The Hall–Kier alpha value is -3.87. The van der Waals surface area contributed by atoms with E-state index in [0.29, 0.717) is 29.6 Å². The zero-order valence-corrected chi connectivity index (χ0v) is 23.3. The highest BCUT2D eigenvalue weighted by Gasteiger charge is 2.20. The fourth-order valence-corrected chi connectivity index (χ4v) is 5.86. The summed E-state index contributed by atoms with van der Waals surface area (Å²) in [7, 11) is 1.69. The molecular formula is C33H33NO4S. The van der Waals surface area contributed by atoms with Crippen LogP contribution in [0.4, 0.5) is 5.69 Å². The Morgan fingerprint density at radius 1 is 1.10 bits per heavy atom. The topological polar surface area (TPSA) is 71.7 Å². The third-order valence-electron chi connectivity index (χ3n) is 7.14. The van der Waals surface area contributed by atoms with Crippen molar-refractivity contribution in [1.82, 2.24) is 0 Å². The number of carboxylic acids is 1. The van der Waals surface area contributed by atoms with Gasteiger partial charge in [0.25, 0.3) is 0 Å². The monoisotopic (exact) mass is 539 g/mol. The quantitative estimate of drug-likeness (QED) is 0.223. The van der Waals surface area contributed by atoms with E-state index in [1.54, 1.807) is 7.11 Å². The van der Waals surface area contributed by atoms with Crippen molar-refractivity contribution in [3.8, 4) is 21.8 Å². The van der Waals surface area contributed by atoms with Crippen LogP contribution < -0.4 is 5.32 Å². The first-order valence-corrected chi connectivity index (χ1v) is 14.0. The average molecular weight is 540 g/mol. The molecule has 0 bridgehead atoms. The van der Waals surface area contributed by atoms with Crippen LogP contribution in [0.1, 0.15) is 57.3 Å². The predicted octanol–water partition coefficient (Wildman–Crippen LogP) is 8.60. The van der Waals surface area contributed by atoms with Crippen LogP contribution in [0, 0.1) is 6.92 Å². The van der Waals surface area contributed by atoms with E-state index < -0.39 is 5.97 Å². The van der Waals surface area contributed by atoms with Gasteiger partial charge in [-0.25, -0.2) is 4.79 Å². The second-order valence-electron chi connectivity index (χ2n) is 10.0. The molecule has 2 heterocycles. The van der Waals surface area contributed by atoms with Gasteiger partial charge in [-0.15, -0.1) is 11.3 Å². The molecule has 4 aromatic rings. The smallest absolute Gasteiger partial charge is 0.348 e. The van der Waals surface area contributed by atoms with E-state index in [1.165, 1.54) is 22.5 Å². The van der Waals surface area contributed by atoms with Gasteiger partial charge < -0.3 is 19.6 Å². The van der Waals surface area contributed by atoms with Gasteiger partial charge in [-0.1, -0.05) is 79.2 Å². The lowest BCUT2D eigenvalue weighted by Gasteiger charge is -2.18. The number of furan rings is 1. The minimum Gasteiger partial charge on any atom is -0.477 e. The number of aryl methyl sites for hydroxylation is 1. The van der Waals surface area contributed by atoms with E-state index in [2.05, 4.69) is 61.6 Å². The third kappa shape index (κ3) is 6.08. The van der Waals surface area contributed by atoms with Crippen LogP contribution in [0.3, 0.4) is 0 Å². The number of allylic oxidation sites excluding steroid dienone is 3. The van der Waals surface area contributed by atoms with Gasteiger partial charge in [0, 0.05) is 35.6 Å². The highest BCUT2D eigenvalue weighted by Crippen LogP contribution is 2.38. The first-order chi connectivity index (χ1) is 18.9. The number of methoxy groups -OCH3 is 1. The summed E-state index contributed by atoms with van der Waals surface area (Å²) in [6.45, 7) is 5.38. The minimum atomic E-state index is -0.936. The van der Waals surface area contributed by atoms with Crippen molar-refractivity contribution < 1.29 is 19.1 Å². The summed E-state index contributed by atoms with van der Waals surface area (Å²) >= 11 is 1.28. The van der Waals surface area contributed by atoms with Crippen molar-refractivity contribution >= 4 is 29.1 Å². The number of carbonyl (C=O) groups is 1. The van der Waals surface area contributed by atoms with Crippen LogP contribution >= 0.6 is 11.3 Å². The molecule has 0 aliphatic heterocycles. The SMILES string of the molecule is COCC(CNc1cc(-c2ccc(-c3cc4c(o3)C=CC=CCC4C)cc2)sc1C(=O)O)c1ccc(C)cc1. The number of aromatic carboxylic acids is 1. The molecule has 0 fully saturated rings. The molecule has 0 saturated heterocycles. The van der Waals surface area contributed by atoms with E-state index in [9.17, 15) is 9.90 Å². The summed E-state index contributed by atoms with van der Waals surface area (Å²) in [5, 5.41) is 13.3. The Bertz CT molecular complexity index is 1490. The van der Waals surface area contributed by atoms with E-state index in [-0.39, 0.29) is 5.92 Å². The molecule has 6 heteroatoms. The number of hydrogen-bond acceptors (Lipinski definition) is 5. The van der Waals surface area contributed by atoms with Crippen molar-refractivity contribution in [3.63, 3.8) is 0 Å². The van der Waals surface area contributed by atoms with Crippen LogP contribution in [0.2, 0.25) is 0 Å². The standard InChI is InChI=1S/C33H33NO4S/c1-21-9-11-23(12-10-21)26(20-37-3)19-34-28-18-31(39-32(28)33(35)36)25-15-13-24(14-16-25)30-17-27-22(2)7-5-4-6-8-29(27)38-30/h4-6,8-18,22,26,34H,7,19-20H2,1-3H3,(H,35,36). The molecule has 0 saturated carbocycles. The van der Waals surface area contributed by atoms with Crippen LogP contribution in [0.15, 0.2) is 83.3 Å². The van der Waals surface area contributed by atoms with Crippen molar-refractivity contribution in [1.29, 1.82) is 0 Å². The highest BCUT2D eigenvalue weighted by atomic mass is 32.1. The fraction of sp³-hybridized carbons (Fsp3) is 0.242. The number of anilines is 1. The normalized spacial score (nSPS) is 15.4. The van der Waals surface area contributed by atoms with Crippen LogP contribution in [0.5, 0.6) is 0 Å². The molecule has 39 heavy (non-hydrogen) atoms. The van der Waals surface area contributed by atoms with Gasteiger partial charge in [-0.2, -0.15) is 0 Å². The van der Waals surface area contributed by atoms with Gasteiger partial charge in [0.2, 0.25) is 0 Å². The summed E-state index contributed by atoms with van der Waals surface area (Å²) in [5.41, 5.74) is 6.16. The molecule has 0 radical (unpaired) electrons. The predicted molar refractivity (Wildman–Crippen MR) is 160 cm³/mol. The molecule has 2 unspecified atom stereocenters. The Balaban J connectivity index is 1.36. The maximum Gasteiger partial charge on any atom is 0.348 e. The van der Waals surface area contributed by atoms with Gasteiger partial charge in [0.05, 0.1) is 12.3 Å². The maximum absolute atomic E-state index is 12.1. The van der Waals surface area contributed by atoms with Crippen LogP contribution in [0.25, 0.3) is 27.8 Å². The Morgan fingerprint density at radius 3 is 2.56 bits per heavy atom. The number of ether oxygens (including phenoxy) is 1. The summed E-state index contributed by atoms with van der Waals surface area (Å²) < 4.78 is 11.7.